The Hall–Kier alpha value is -2.04. The van der Waals surface area contributed by atoms with E-state index in [1.54, 1.807) is 30.7 Å². The van der Waals surface area contributed by atoms with E-state index in [2.05, 4.69) is 20.0 Å². The van der Waals surface area contributed by atoms with Gasteiger partial charge in [-0.2, -0.15) is 9.61 Å². The summed E-state index contributed by atoms with van der Waals surface area (Å²) in [4.78, 5) is 0.969. The Morgan fingerprint density at radius 1 is 1.20 bits per heavy atom. The van der Waals surface area contributed by atoms with E-state index in [9.17, 15) is 8.42 Å². The van der Waals surface area contributed by atoms with Gasteiger partial charge in [-0.15, -0.1) is 10.2 Å². The molecule has 0 spiro atoms. The minimum Gasteiger partial charge on any atom is -0.496 e. The topological polar surface area (TPSA) is 98.5 Å². The molecular formula is C15H19N5O3S2. The lowest BCUT2D eigenvalue weighted by atomic mass is 10.1. The van der Waals surface area contributed by atoms with Crippen LogP contribution in [0.25, 0.3) is 4.96 Å². The minimum absolute atomic E-state index is 0.260. The molecule has 1 N–H and O–H groups in total. The largest absolute Gasteiger partial charge is 0.496 e. The van der Waals surface area contributed by atoms with Gasteiger partial charge in [0.05, 0.1) is 12.0 Å². The van der Waals surface area contributed by atoms with Gasteiger partial charge in [0.15, 0.2) is 5.82 Å². The van der Waals surface area contributed by atoms with Crippen LogP contribution in [-0.2, 0) is 16.4 Å². The zero-order valence-corrected chi connectivity index (χ0v) is 16.0. The predicted molar refractivity (Wildman–Crippen MR) is 94.8 cm³/mol. The van der Waals surface area contributed by atoms with Crippen LogP contribution in [0.5, 0.6) is 5.75 Å². The van der Waals surface area contributed by atoms with Crippen LogP contribution in [-0.4, -0.2) is 41.9 Å². The third kappa shape index (κ3) is 3.51. The van der Waals surface area contributed by atoms with Crippen LogP contribution in [0.3, 0.4) is 0 Å². The molecule has 0 aliphatic carbocycles. The van der Waals surface area contributed by atoms with Crippen molar-refractivity contribution in [1.82, 2.24) is 24.5 Å². The lowest BCUT2D eigenvalue weighted by molar-refractivity contribution is 0.411. The van der Waals surface area contributed by atoms with Crippen molar-refractivity contribution in [3.63, 3.8) is 0 Å². The highest BCUT2D eigenvalue weighted by Gasteiger charge is 2.19. The number of aryl methyl sites for hydroxylation is 3. The molecule has 0 atom stereocenters. The van der Waals surface area contributed by atoms with E-state index in [1.807, 2.05) is 13.8 Å². The first-order valence-corrected chi connectivity index (χ1v) is 9.94. The summed E-state index contributed by atoms with van der Waals surface area (Å²) in [5, 5.41) is 13.1. The van der Waals surface area contributed by atoms with Crippen LogP contribution >= 0.6 is 11.3 Å². The van der Waals surface area contributed by atoms with Crippen molar-refractivity contribution < 1.29 is 13.2 Å². The maximum absolute atomic E-state index is 12.6. The molecule has 0 saturated heterocycles. The number of hydrogen-bond donors (Lipinski definition) is 1. The first kappa shape index (κ1) is 17.8. The van der Waals surface area contributed by atoms with E-state index < -0.39 is 10.0 Å². The highest BCUT2D eigenvalue weighted by Crippen LogP contribution is 2.25. The fourth-order valence-corrected chi connectivity index (χ4v) is 4.72. The number of sulfonamides is 1. The smallest absolute Gasteiger partial charge is 0.240 e. The molecule has 0 amide bonds. The molecule has 0 saturated carbocycles. The van der Waals surface area contributed by atoms with Gasteiger partial charge in [-0.05, 0) is 44.0 Å². The number of rotatable bonds is 6. The van der Waals surface area contributed by atoms with Gasteiger partial charge in [0, 0.05) is 13.0 Å². The Morgan fingerprint density at radius 3 is 2.64 bits per heavy atom. The molecule has 10 heteroatoms. The lowest BCUT2D eigenvalue weighted by Crippen LogP contribution is -2.26. The Morgan fingerprint density at radius 2 is 1.96 bits per heavy atom. The maximum Gasteiger partial charge on any atom is 0.240 e. The number of ether oxygens (including phenoxy) is 1. The first-order chi connectivity index (χ1) is 11.8. The molecule has 8 nitrogen and oxygen atoms in total. The molecule has 2 aromatic heterocycles. The monoisotopic (exact) mass is 381 g/mol. The molecule has 134 valence electrons. The molecular weight excluding hydrogens is 362 g/mol. The number of methoxy groups -OCH3 is 1. The van der Waals surface area contributed by atoms with Gasteiger partial charge >= 0.3 is 0 Å². The third-order valence-corrected chi connectivity index (χ3v) is 6.36. The number of fused-ring (bicyclic) bond motifs is 1. The Bertz CT molecular complexity index is 1020. The number of nitrogens with one attached hydrogen (secondary N) is 1. The standard InChI is InChI=1S/C15H19N5O3S2/c1-9-8-13(10(2)7-12(9)23-4)25(21,22)16-6-5-14-19-20-11(3)17-18-15(20)24-14/h7-8,16H,5-6H2,1-4H3. The van der Waals surface area contributed by atoms with Crippen molar-refractivity contribution in [1.29, 1.82) is 0 Å². The average molecular weight is 381 g/mol. The van der Waals surface area contributed by atoms with Gasteiger partial charge in [0.1, 0.15) is 10.8 Å². The molecule has 0 bridgehead atoms. The van der Waals surface area contributed by atoms with Crippen molar-refractivity contribution in [3.05, 3.63) is 34.1 Å². The van der Waals surface area contributed by atoms with Crippen LogP contribution in [0.2, 0.25) is 0 Å². The summed E-state index contributed by atoms with van der Waals surface area (Å²) in [6.45, 7) is 5.65. The number of aromatic nitrogens is 4. The van der Waals surface area contributed by atoms with E-state index >= 15 is 0 Å². The first-order valence-electron chi connectivity index (χ1n) is 7.64. The Balaban J connectivity index is 1.72. The van der Waals surface area contributed by atoms with Gasteiger partial charge in [-0.3, -0.25) is 0 Å². The molecule has 25 heavy (non-hydrogen) atoms. The highest BCUT2D eigenvalue weighted by atomic mass is 32.2. The van der Waals surface area contributed by atoms with Crippen LogP contribution in [0.1, 0.15) is 22.0 Å². The fraction of sp³-hybridized carbons (Fsp3) is 0.400. The molecule has 0 unspecified atom stereocenters. The fourth-order valence-electron chi connectivity index (χ4n) is 2.50. The SMILES string of the molecule is COc1cc(C)c(S(=O)(=O)NCCc2nn3c(C)nnc3s2)cc1C. The van der Waals surface area contributed by atoms with Gasteiger partial charge in [0.2, 0.25) is 15.0 Å². The second-order valence-corrected chi connectivity index (χ2v) is 8.45. The molecule has 0 fully saturated rings. The molecule has 3 rings (SSSR count). The Kier molecular flexibility index (Phi) is 4.76. The summed E-state index contributed by atoms with van der Waals surface area (Å²) in [7, 11) is -2.03. The molecule has 3 aromatic rings. The van der Waals surface area contributed by atoms with Gasteiger partial charge in [-0.25, -0.2) is 13.1 Å². The summed E-state index contributed by atoms with van der Waals surface area (Å²) in [6.07, 6.45) is 0.487. The van der Waals surface area contributed by atoms with Crippen molar-refractivity contribution in [2.45, 2.75) is 32.1 Å². The van der Waals surface area contributed by atoms with Gasteiger partial charge in [-0.1, -0.05) is 11.3 Å². The van der Waals surface area contributed by atoms with Crippen molar-refractivity contribution >= 4 is 26.3 Å². The predicted octanol–water partition coefficient (Wildman–Crippen LogP) is 1.64. The molecule has 0 aliphatic heterocycles. The quantitative estimate of drug-likeness (QED) is 0.697. The van der Waals surface area contributed by atoms with E-state index in [1.165, 1.54) is 11.3 Å². The van der Waals surface area contributed by atoms with Crippen LogP contribution in [0.4, 0.5) is 0 Å². The number of benzene rings is 1. The van der Waals surface area contributed by atoms with Gasteiger partial charge < -0.3 is 4.74 Å². The summed E-state index contributed by atoms with van der Waals surface area (Å²) in [5.41, 5.74) is 1.42. The van der Waals surface area contributed by atoms with Gasteiger partial charge in [0.25, 0.3) is 0 Å². The van der Waals surface area contributed by atoms with Crippen LogP contribution in [0.15, 0.2) is 17.0 Å². The zero-order valence-electron chi connectivity index (χ0n) is 14.4. The van der Waals surface area contributed by atoms with E-state index in [4.69, 9.17) is 4.74 Å². The molecule has 0 radical (unpaired) electrons. The highest BCUT2D eigenvalue weighted by molar-refractivity contribution is 7.89. The second kappa shape index (κ2) is 6.70. The number of hydrogen-bond acceptors (Lipinski definition) is 7. The molecule has 2 heterocycles. The van der Waals surface area contributed by atoms with Crippen LogP contribution < -0.4 is 9.46 Å². The summed E-state index contributed by atoms with van der Waals surface area (Å²) in [6, 6.07) is 3.36. The zero-order chi connectivity index (χ0) is 18.2. The lowest BCUT2D eigenvalue weighted by Gasteiger charge is -2.12. The van der Waals surface area contributed by atoms with Crippen molar-refractivity contribution in [2.75, 3.05) is 13.7 Å². The minimum atomic E-state index is -3.60. The summed E-state index contributed by atoms with van der Waals surface area (Å²) < 4.78 is 34.7. The van der Waals surface area contributed by atoms with E-state index in [0.717, 1.165) is 10.6 Å². The van der Waals surface area contributed by atoms with Crippen LogP contribution in [0, 0.1) is 20.8 Å². The van der Waals surface area contributed by atoms with Crippen molar-refractivity contribution in [2.24, 2.45) is 0 Å². The average Bonchev–Trinajstić information content (AvgIpc) is 3.11. The summed E-state index contributed by atoms with van der Waals surface area (Å²) >= 11 is 1.40. The normalized spacial score (nSPS) is 12.0. The number of nitrogens with zero attached hydrogens (tertiary/aromatic N) is 4. The van der Waals surface area contributed by atoms with Crippen molar-refractivity contribution in [3.8, 4) is 5.75 Å². The molecule has 0 aliphatic rings. The Labute approximate surface area is 149 Å². The molecule has 1 aromatic carbocycles. The summed E-state index contributed by atoms with van der Waals surface area (Å²) in [5.74, 6) is 1.38. The van der Waals surface area contributed by atoms with E-state index in [0.29, 0.717) is 28.5 Å². The maximum atomic E-state index is 12.6. The van der Waals surface area contributed by atoms with E-state index in [-0.39, 0.29) is 11.4 Å². The third-order valence-electron chi connectivity index (χ3n) is 3.80. The second-order valence-electron chi connectivity index (χ2n) is 5.67.